The quantitative estimate of drug-likeness (QED) is 0.564. The molecule has 0 radical (unpaired) electrons. The zero-order valence-electron chi connectivity index (χ0n) is 7.08. The second-order valence-corrected chi connectivity index (χ2v) is 2.67. The van der Waals surface area contributed by atoms with Gasteiger partial charge in [0.15, 0.2) is 0 Å². The van der Waals surface area contributed by atoms with Crippen LogP contribution < -0.4 is 5.73 Å². The summed E-state index contributed by atoms with van der Waals surface area (Å²) in [5.74, 6) is -0.00149. The molecule has 0 aromatic carbocycles. The molecule has 0 heterocycles. The Morgan fingerprint density at radius 3 is 2.64 bits per heavy atom. The predicted molar refractivity (Wildman–Crippen MR) is 43.0 cm³/mol. The molecule has 4 nitrogen and oxygen atoms in total. The molecule has 1 atom stereocenters. The van der Waals surface area contributed by atoms with Crippen molar-refractivity contribution in [2.24, 2.45) is 5.73 Å². The molecular formula is C7H16N2O2. The average Bonchev–Trinajstić information content (AvgIpc) is 1.87. The molecule has 0 aliphatic heterocycles. The van der Waals surface area contributed by atoms with Crippen molar-refractivity contribution in [2.75, 3.05) is 20.2 Å². The summed E-state index contributed by atoms with van der Waals surface area (Å²) in [7, 11) is 1.69. The van der Waals surface area contributed by atoms with E-state index in [2.05, 4.69) is 0 Å². The van der Waals surface area contributed by atoms with E-state index < -0.39 is 0 Å². The maximum absolute atomic E-state index is 10.7. The molecule has 0 bridgehead atoms. The lowest BCUT2D eigenvalue weighted by atomic mass is 10.2. The van der Waals surface area contributed by atoms with Crippen LogP contribution in [0.5, 0.6) is 0 Å². The summed E-state index contributed by atoms with van der Waals surface area (Å²) in [5, 5.41) is 8.50. The number of hydrogen-bond donors (Lipinski definition) is 2. The van der Waals surface area contributed by atoms with Crippen LogP contribution in [0.25, 0.3) is 0 Å². The minimum Gasteiger partial charge on any atom is -0.396 e. The van der Waals surface area contributed by atoms with Crippen molar-refractivity contribution in [1.29, 1.82) is 0 Å². The topological polar surface area (TPSA) is 66.6 Å². The number of nitrogens with zero attached hydrogens (tertiary/aromatic N) is 1. The maximum atomic E-state index is 10.7. The molecule has 0 aliphatic carbocycles. The summed E-state index contributed by atoms with van der Waals surface area (Å²) in [4.78, 5) is 12.2. The van der Waals surface area contributed by atoms with Crippen LogP contribution in [0.15, 0.2) is 0 Å². The highest BCUT2D eigenvalue weighted by molar-refractivity contribution is 5.72. The van der Waals surface area contributed by atoms with Gasteiger partial charge in [0, 0.05) is 33.2 Å². The van der Waals surface area contributed by atoms with E-state index in [0.717, 1.165) is 0 Å². The summed E-state index contributed by atoms with van der Waals surface area (Å²) in [5.41, 5.74) is 5.57. The largest absolute Gasteiger partial charge is 0.396 e. The van der Waals surface area contributed by atoms with Crippen molar-refractivity contribution in [3.8, 4) is 0 Å². The molecular weight excluding hydrogens is 144 g/mol. The number of nitrogens with two attached hydrogens (primary N) is 1. The van der Waals surface area contributed by atoms with Gasteiger partial charge in [-0.2, -0.15) is 0 Å². The van der Waals surface area contributed by atoms with Gasteiger partial charge in [0.1, 0.15) is 0 Å². The third-order valence-electron chi connectivity index (χ3n) is 1.55. The Kier molecular flexibility index (Phi) is 4.81. The molecule has 11 heavy (non-hydrogen) atoms. The van der Waals surface area contributed by atoms with Crippen LogP contribution in [-0.2, 0) is 4.79 Å². The summed E-state index contributed by atoms with van der Waals surface area (Å²) in [6.07, 6.45) is 0.539. The van der Waals surface area contributed by atoms with Gasteiger partial charge in [-0.25, -0.2) is 0 Å². The molecule has 0 aromatic heterocycles. The Balaban J connectivity index is 3.56. The molecule has 0 aliphatic rings. The van der Waals surface area contributed by atoms with E-state index in [1.807, 2.05) is 0 Å². The lowest BCUT2D eigenvalue weighted by Gasteiger charge is -2.19. The summed E-state index contributed by atoms with van der Waals surface area (Å²) >= 11 is 0. The fourth-order valence-electron chi connectivity index (χ4n) is 0.737. The van der Waals surface area contributed by atoms with E-state index in [9.17, 15) is 4.79 Å². The maximum Gasteiger partial charge on any atom is 0.219 e. The monoisotopic (exact) mass is 160 g/mol. The van der Waals surface area contributed by atoms with Crippen molar-refractivity contribution < 1.29 is 9.90 Å². The lowest BCUT2D eigenvalue weighted by molar-refractivity contribution is -0.127. The fraction of sp³-hybridized carbons (Fsp3) is 0.857. The van der Waals surface area contributed by atoms with E-state index in [4.69, 9.17) is 10.8 Å². The van der Waals surface area contributed by atoms with Gasteiger partial charge < -0.3 is 15.7 Å². The van der Waals surface area contributed by atoms with Crippen LogP contribution in [0.1, 0.15) is 13.3 Å². The van der Waals surface area contributed by atoms with Crippen molar-refractivity contribution in [1.82, 2.24) is 4.90 Å². The highest BCUT2D eigenvalue weighted by Crippen LogP contribution is 1.91. The zero-order valence-corrected chi connectivity index (χ0v) is 7.08. The van der Waals surface area contributed by atoms with Gasteiger partial charge in [0.05, 0.1) is 0 Å². The van der Waals surface area contributed by atoms with Crippen LogP contribution in [-0.4, -0.2) is 42.2 Å². The van der Waals surface area contributed by atoms with E-state index in [0.29, 0.717) is 13.0 Å². The van der Waals surface area contributed by atoms with Gasteiger partial charge in [-0.05, 0) is 6.42 Å². The van der Waals surface area contributed by atoms with Crippen LogP contribution in [0, 0.1) is 0 Å². The standard InChI is InChI=1S/C7H16N2O2/c1-6(11)9(2)5-7(8)3-4-10/h7,10H,3-5,8H2,1-2H3. The first kappa shape index (κ1) is 10.4. The SMILES string of the molecule is CC(=O)N(C)CC(N)CCO. The average molecular weight is 160 g/mol. The minimum atomic E-state index is -0.117. The van der Waals surface area contributed by atoms with Gasteiger partial charge in [0.2, 0.25) is 5.91 Å². The Hall–Kier alpha value is -0.610. The molecule has 0 rings (SSSR count). The molecule has 66 valence electrons. The number of carbonyl (C=O) groups is 1. The molecule has 0 fully saturated rings. The van der Waals surface area contributed by atoms with Crippen molar-refractivity contribution in [2.45, 2.75) is 19.4 Å². The number of hydrogen-bond acceptors (Lipinski definition) is 3. The van der Waals surface area contributed by atoms with Crippen LogP contribution in [0.2, 0.25) is 0 Å². The molecule has 1 amide bonds. The minimum absolute atomic E-state index is 0.00149. The number of aliphatic hydroxyl groups is 1. The summed E-state index contributed by atoms with van der Waals surface area (Å²) < 4.78 is 0. The first-order chi connectivity index (χ1) is 5.07. The Labute approximate surface area is 67.0 Å². The molecule has 1 unspecified atom stereocenters. The Morgan fingerprint density at radius 1 is 1.73 bits per heavy atom. The fourth-order valence-corrected chi connectivity index (χ4v) is 0.737. The summed E-state index contributed by atoms with van der Waals surface area (Å²) in [6.45, 7) is 2.08. The number of rotatable bonds is 4. The predicted octanol–water partition coefficient (Wildman–Crippen LogP) is -0.826. The lowest BCUT2D eigenvalue weighted by Crippen LogP contribution is -2.38. The first-order valence-corrected chi connectivity index (χ1v) is 3.66. The van der Waals surface area contributed by atoms with Crippen LogP contribution >= 0.6 is 0 Å². The third kappa shape index (κ3) is 4.75. The van der Waals surface area contributed by atoms with Crippen LogP contribution in [0.3, 0.4) is 0 Å². The number of carbonyl (C=O) groups excluding carboxylic acids is 1. The third-order valence-corrected chi connectivity index (χ3v) is 1.55. The summed E-state index contributed by atoms with van der Waals surface area (Å²) in [6, 6.07) is -0.117. The zero-order chi connectivity index (χ0) is 8.85. The van der Waals surface area contributed by atoms with Gasteiger partial charge in [0.25, 0.3) is 0 Å². The number of aliphatic hydroxyl groups excluding tert-OH is 1. The normalized spacial score (nSPS) is 12.7. The van der Waals surface area contributed by atoms with E-state index in [1.165, 1.54) is 6.92 Å². The smallest absolute Gasteiger partial charge is 0.219 e. The highest BCUT2D eigenvalue weighted by atomic mass is 16.3. The van der Waals surface area contributed by atoms with Crippen molar-refractivity contribution >= 4 is 5.91 Å². The van der Waals surface area contributed by atoms with Gasteiger partial charge in [-0.3, -0.25) is 4.79 Å². The van der Waals surface area contributed by atoms with Crippen LogP contribution in [0.4, 0.5) is 0 Å². The second kappa shape index (κ2) is 5.09. The second-order valence-electron chi connectivity index (χ2n) is 2.67. The molecule has 0 saturated heterocycles. The van der Waals surface area contributed by atoms with E-state index in [-0.39, 0.29) is 18.6 Å². The van der Waals surface area contributed by atoms with Crippen molar-refractivity contribution in [3.63, 3.8) is 0 Å². The molecule has 0 spiro atoms. The highest BCUT2D eigenvalue weighted by Gasteiger charge is 2.07. The van der Waals surface area contributed by atoms with Gasteiger partial charge in [-0.1, -0.05) is 0 Å². The van der Waals surface area contributed by atoms with Gasteiger partial charge >= 0.3 is 0 Å². The number of amides is 1. The Morgan fingerprint density at radius 2 is 2.27 bits per heavy atom. The molecule has 0 aromatic rings. The van der Waals surface area contributed by atoms with E-state index >= 15 is 0 Å². The van der Waals surface area contributed by atoms with E-state index in [1.54, 1.807) is 11.9 Å². The van der Waals surface area contributed by atoms with Gasteiger partial charge in [-0.15, -0.1) is 0 Å². The molecule has 0 saturated carbocycles. The molecule has 4 heteroatoms. The number of likely N-dealkylation sites (N-methyl/N-ethyl adjacent to an activating group) is 1. The molecule has 3 N–H and O–H groups in total. The van der Waals surface area contributed by atoms with Crippen molar-refractivity contribution in [3.05, 3.63) is 0 Å². The first-order valence-electron chi connectivity index (χ1n) is 3.66. The Bertz CT molecular complexity index is 128.